The van der Waals surface area contributed by atoms with E-state index in [4.69, 9.17) is 8.92 Å². The Morgan fingerprint density at radius 1 is 1.00 bits per heavy atom. The van der Waals surface area contributed by atoms with Crippen LogP contribution in [0, 0.1) is 5.82 Å². The summed E-state index contributed by atoms with van der Waals surface area (Å²) in [5.74, 6) is -0.840. The molecule has 0 radical (unpaired) electrons. The van der Waals surface area contributed by atoms with Crippen LogP contribution in [-0.2, 0) is 10.1 Å². The minimum atomic E-state index is -4.05. The molecule has 29 heavy (non-hydrogen) atoms. The van der Waals surface area contributed by atoms with Gasteiger partial charge < -0.3 is 8.92 Å². The smallest absolute Gasteiger partial charge is 0.339 e. The highest BCUT2D eigenvalue weighted by molar-refractivity contribution is 9.10. The lowest BCUT2D eigenvalue weighted by molar-refractivity contribution is 0.101. The zero-order valence-electron chi connectivity index (χ0n) is 14.6. The highest BCUT2D eigenvalue weighted by Gasteiger charge is 2.29. The summed E-state index contributed by atoms with van der Waals surface area (Å²) in [6, 6.07) is 16.0. The zero-order chi connectivity index (χ0) is 20.6. The number of Topliss-reactive ketones (excluding diaryl/α,β-unsaturated/α-hetero) is 1. The van der Waals surface area contributed by atoms with Crippen LogP contribution in [0.5, 0.6) is 11.5 Å². The number of rotatable bonds is 4. The van der Waals surface area contributed by atoms with Gasteiger partial charge in [0.25, 0.3) is 0 Å². The topological polar surface area (TPSA) is 69.7 Å². The Bertz CT molecular complexity index is 1250. The molecular weight excluding hydrogens is 463 g/mol. The van der Waals surface area contributed by atoms with Gasteiger partial charge in [-0.25, -0.2) is 4.39 Å². The molecule has 1 heterocycles. The Balaban J connectivity index is 1.61. The zero-order valence-corrected chi connectivity index (χ0v) is 17.0. The van der Waals surface area contributed by atoms with Crippen molar-refractivity contribution in [2.24, 2.45) is 0 Å². The number of allylic oxidation sites excluding steroid dienone is 1. The van der Waals surface area contributed by atoms with Crippen molar-refractivity contribution < 1.29 is 26.5 Å². The third-order valence-corrected chi connectivity index (χ3v) is 5.93. The first kappa shape index (κ1) is 19.4. The Kier molecular flexibility index (Phi) is 4.97. The minimum Gasteiger partial charge on any atom is -0.452 e. The van der Waals surface area contributed by atoms with Crippen molar-refractivity contribution in [3.8, 4) is 11.5 Å². The second-order valence-electron chi connectivity index (χ2n) is 6.11. The number of hydrogen-bond donors (Lipinski definition) is 0. The summed E-state index contributed by atoms with van der Waals surface area (Å²) in [7, 11) is -4.05. The molecule has 146 valence electrons. The van der Waals surface area contributed by atoms with Crippen LogP contribution in [0.3, 0.4) is 0 Å². The van der Waals surface area contributed by atoms with Gasteiger partial charge in [0.15, 0.2) is 5.76 Å². The van der Waals surface area contributed by atoms with Gasteiger partial charge in [-0.15, -0.1) is 0 Å². The molecule has 0 aliphatic carbocycles. The summed E-state index contributed by atoms with van der Waals surface area (Å²) >= 11 is 3.24. The van der Waals surface area contributed by atoms with Gasteiger partial charge in [0.1, 0.15) is 22.2 Å². The van der Waals surface area contributed by atoms with E-state index in [2.05, 4.69) is 15.9 Å². The van der Waals surface area contributed by atoms with E-state index in [0.717, 1.165) is 4.47 Å². The van der Waals surface area contributed by atoms with Crippen molar-refractivity contribution >= 4 is 37.9 Å². The first-order chi connectivity index (χ1) is 13.8. The van der Waals surface area contributed by atoms with Crippen LogP contribution in [-0.4, -0.2) is 14.2 Å². The Morgan fingerprint density at radius 2 is 1.72 bits per heavy atom. The first-order valence-electron chi connectivity index (χ1n) is 8.36. The molecule has 0 atom stereocenters. The predicted molar refractivity (Wildman–Crippen MR) is 108 cm³/mol. The average molecular weight is 475 g/mol. The number of ether oxygens (including phenoxy) is 1. The van der Waals surface area contributed by atoms with E-state index in [-0.39, 0.29) is 33.3 Å². The van der Waals surface area contributed by atoms with E-state index in [1.807, 2.05) is 0 Å². The summed E-state index contributed by atoms with van der Waals surface area (Å²) in [5, 5.41) is 0. The third-order valence-electron chi connectivity index (χ3n) is 4.14. The maximum atomic E-state index is 13.8. The summed E-state index contributed by atoms with van der Waals surface area (Å²) in [6.45, 7) is 0. The summed E-state index contributed by atoms with van der Waals surface area (Å²) in [6.07, 6.45) is 1.30. The molecule has 0 unspecified atom stereocenters. The molecule has 0 spiro atoms. The molecule has 1 aliphatic heterocycles. The normalized spacial score (nSPS) is 14.6. The minimum absolute atomic E-state index is 0.00777. The number of carbonyl (C=O) groups is 1. The molecule has 4 rings (SSSR count). The molecule has 5 nitrogen and oxygen atoms in total. The third kappa shape index (κ3) is 3.94. The van der Waals surface area contributed by atoms with Crippen LogP contribution in [0.4, 0.5) is 4.39 Å². The fraction of sp³-hybridized carbons (Fsp3) is 0. The molecule has 8 heteroatoms. The molecule has 3 aromatic carbocycles. The van der Waals surface area contributed by atoms with Crippen LogP contribution in [0.25, 0.3) is 6.08 Å². The number of fused-ring (bicyclic) bond motifs is 1. The fourth-order valence-corrected chi connectivity index (χ4v) is 3.92. The van der Waals surface area contributed by atoms with Gasteiger partial charge in [0, 0.05) is 16.1 Å². The average Bonchev–Trinajstić information content (AvgIpc) is 2.98. The van der Waals surface area contributed by atoms with Gasteiger partial charge in [0.2, 0.25) is 5.78 Å². The van der Waals surface area contributed by atoms with Crippen molar-refractivity contribution in [1.82, 2.24) is 0 Å². The number of carbonyl (C=O) groups excluding carboxylic acids is 1. The Morgan fingerprint density at radius 3 is 2.45 bits per heavy atom. The molecule has 0 saturated carbocycles. The van der Waals surface area contributed by atoms with Crippen LogP contribution >= 0.6 is 15.9 Å². The Labute approximate surface area is 174 Å². The first-order valence-corrected chi connectivity index (χ1v) is 10.6. The maximum absolute atomic E-state index is 13.8. The molecule has 3 aromatic rings. The summed E-state index contributed by atoms with van der Waals surface area (Å²) in [4.78, 5) is 12.5. The van der Waals surface area contributed by atoms with Crippen LogP contribution in [0.1, 0.15) is 15.9 Å². The fourth-order valence-electron chi connectivity index (χ4n) is 2.73. The van der Waals surface area contributed by atoms with Gasteiger partial charge >= 0.3 is 10.1 Å². The van der Waals surface area contributed by atoms with E-state index in [1.165, 1.54) is 48.5 Å². The van der Waals surface area contributed by atoms with Gasteiger partial charge in [-0.05, 0) is 48.5 Å². The standard InChI is InChI=1S/C21H12BrFO5S/c22-14-5-8-16(9-6-14)29(25,26)28-15-7-10-17-19(12-15)27-20(21(17)24)11-13-3-1-2-4-18(13)23/h1-12H/b20-11-. The van der Waals surface area contributed by atoms with Gasteiger partial charge in [-0.1, -0.05) is 34.1 Å². The second-order valence-corrected chi connectivity index (χ2v) is 8.57. The molecular formula is C21H12BrFO5S. The van der Waals surface area contributed by atoms with Crippen molar-refractivity contribution in [3.05, 3.63) is 93.9 Å². The van der Waals surface area contributed by atoms with Crippen molar-refractivity contribution in [3.63, 3.8) is 0 Å². The van der Waals surface area contributed by atoms with Crippen LogP contribution < -0.4 is 8.92 Å². The molecule has 0 aromatic heterocycles. The molecule has 0 saturated heterocycles. The number of halogens is 2. The van der Waals surface area contributed by atoms with E-state index < -0.39 is 21.7 Å². The highest BCUT2D eigenvalue weighted by Crippen LogP contribution is 2.36. The van der Waals surface area contributed by atoms with Crippen molar-refractivity contribution in [2.75, 3.05) is 0 Å². The largest absolute Gasteiger partial charge is 0.452 e. The van der Waals surface area contributed by atoms with Crippen LogP contribution in [0.15, 0.2) is 81.9 Å². The lowest BCUT2D eigenvalue weighted by atomic mass is 10.1. The van der Waals surface area contributed by atoms with Crippen molar-refractivity contribution in [1.29, 1.82) is 0 Å². The number of hydrogen-bond acceptors (Lipinski definition) is 5. The molecule has 0 bridgehead atoms. The van der Waals surface area contributed by atoms with E-state index in [0.29, 0.717) is 0 Å². The second kappa shape index (κ2) is 7.46. The van der Waals surface area contributed by atoms with E-state index >= 15 is 0 Å². The van der Waals surface area contributed by atoms with E-state index in [1.54, 1.807) is 24.3 Å². The molecule has 1 aliphatic rings. The van der Waals surface area contributed by atoms with Gasteiger partial charge in [-0.2, -0.15) is 8.42 Å². The summed E-state index contributed by atoms with van der Waals surface area (Å²) in [5.41, 5.74) is 0.443. The lowest BCUT2D eigenvalue weighted by Gasteiger charge is -2.08. The van der Waals surface area contributed by atoms with Gasteiger partial charge in [0.05, 0.1) is 5.56 Å². The Hall–Kier alpha value is -2.97. The monoisotopic (exact) mass is 474 g/mol. The SMILES string of the molecule is O=C1/C(=C/c2ccccc2F)Oc2cc(OS(=O)(=O)c3ccc(Br)cc3)ccc21. The molecule has 0 fully saturated rings. The van der Waals surface area contributed by atoms with E-state index in [9.17, 15) is 17.6 Å². The molecule has 0 N–H and O–H groups in total. The van der Waals surface area contributed by atoms with Gasteiger partial charge in [-0.3, -0.25) is 4.79 Å². The maximum Gasteiger partial charge on any atom is 0.339 e. The van der Waals surface area contributed by atoms with Crippen molar-refractivity contribution in [2.45, 2.75) is 4.90 Å². The number of ketones is 1. The quantitative estimate of drug-likeness (QED) is 0.394. The molecule has 0 amide bonds. The summed E-state index contributed by atoms with van der Waals surface area (Å²) < 4.78 is 50.1. The predicted octanol–water partition coefficient (Wildman–Crippen LogP) is 4.97. The van der Waals surface area contributed by atoms with Crippen LogP contribution in [0.2, 0.25) is 0 Å². The lowest BCUT2D eigenvalue weighted by Crippen LogP contribution is -2.09. The number of benzene rings is 3. The highest BCUT2D eigenvalue weighted by atomic mass is 79.9.